The highest BCUT2D eigenvalue weighted by Crippen LogP contribution is 2.28. The third-order valence-electron chi connectivity index (χ3n) is 4.73. The summed E-state index contributed by atoms with van der Waals surface area (Å²) < 4.78 is 0. The topological polar surface area (TPSA) is 60.9 Å². The van der Waals surface area contributed by atoms with Gasteiger partial charge in [-0.1, -0.05) is 43.7 Å². The van der Waals surface area contributed by atoms with Crippen molar-refractivity contribution in [2.45, 2.75) is 45.6 Å². The SMILES string of the molecule is Cc1ccc(C(C)(C)CC(=O)N2CCN(C(=O)C(C)O)CC2)cc1. The predicted octanol–water partition coefficient (Wildman–Crippen LogP) is 1.71. The minimum absolute atomic E-state index is 0.115. The van der Waals surface area contributed by atoms with E-state index in [0.717, 1.165) is 5.56 Å². The molecule has 0 spiro atoms. The predicted molar refractivity (Wildman–Crippen MR) is 93.7 cm³/mol. The van der Waals surface area contributed by atoms with Crippen LogP contribution in [0.1, 0.15) is 38.3 Å². The monoisotopic (exact) mass is 332 g/mol. The molecule has 1 atom stereocenters. The molecular formula is C19H28N2O3. The van der Waals surface area contributed by atoms with Crippen molar-refractivity contribution in [3.8, 4) is 0 Å². The number of carbonyl (C=O) groups excluding carboxylic acids is 2. The van der Waals surface area contributed by atoms with E-state index in [2.05, 4.69) is 45.0 Å². The van der Waals surface area contributed by atoms with Crippen molar-refractivity contribution < 1.29 is 14.7 Å². The first-order chi connectivity index (χ1) is 11.2. The largest absolute Gasteiger partial charge is 0.384 e. The maximum atomic E-state index is 12.6. The smallest absolute Gasteiger partial charge is 0.251 e. The molecule has 0 aliphatic carbocycles. The number of amides is 2. The Bertz CT molecular complexity index is 585. The molecule has 5 heteroatoms. The molecule has 1 unspecified atom stereocenters. The van der Waals surface area contributed by atoms with Crippen molar-refractivity contribution in [3.05, 3.63) is 35.4 Å². The molecule has 0 aromatic heterocycles. The van der Waals surface area contributed by atoms with Gasteiger partial charge in [-0.15, -0.1) is 0 Å². The van der Waals surface area contributed by atoms with Crippen LogP contribution in [0.5, 0.6) is 0 Å². The summed E-state index contributed by atoms with van der Waals surface area (Å²) in [5, 5.41) is 9.37. The second-order valence-corrected chi connectivity index (χ2v) is 7.31. The maximum absolute atomic E-state index is 12.6. The lowest BCUT2D eigenvalue weighted by Gasteiger charge is -2.37. The first kappa shape index (κ1) is 18.5. The Morgan fingerprint density at radius 2 is 1.58 bits per heavy atom. The molecule has 2 amide bonds. The van der Waals surface area contributed by atoms with E-state index in [1.165, 1.54) is 12.5 Å². The summed E-state index contributed by atoms with van der Waals surface area (Å²) in [5.74, 6) is -0.146. The summed E-state index contributed by atoms with van der Waals surface area (Å²) in [5.41, 5.74) is 2.14. The van der Waals surface area contributed by atoms with Gasteiger partial charge in [-0.3, -0.25) is 9.59 Å². The number of hydrogen-bond donors (Lipinski definition) is 1. The molecule has 5 nitrogen and oxygen atoms in total. The van der Waals surface area contributed by atoms with E-state index in [4.69, 9.17) is 0 Å². The average Bonchev–Trinajstić information content (AvgIpc) is 2.54. The van der Waals surface area contributed by atoms with Crippen LogP contribution in [0.25, 0.3) is 0 Å². The van der Waals surface area contributed by atoms with Crippen LogP contribution in [0.3, 0.4) is 0 Å². The first-order valence-electron chi connectivity index (χ1n) is 8.52. The molecule has 1 aliphatic heterocycles. The molecule has 132 valence electrons. The summed E-state index contributed by atoms with van der Waals surface area (Å²) in [4.78, 5) is 27.9. The maximum Gasteiger partial charge on any atom is 0.251 e. The highest BCUT2D eigenvalue weighted by Gasteiger charge is 2.30. The Morgan fingerprint density at radius 3 is 2.08 bits per heavy atom. The molecule has 1 saturated heterocycles. The first-order valence-corrected chi connectivity index (χ1v) is 8.52. The summed E-state index contributed by atoms with van der Waals surface area (Å²) in [6, 6.07) is 8.31. The molecule has 0 radical (unpaired) electrons. The zero-order valence-electron chi connectivity index (χ0n) is 15.1. The van der Waals surface area contributed by atoms with Crippen LogP contribution in [0, 0.1) is 6.92 Å². The highest BCUT2D eigenvalue weighted by molar-refractivity contribution is 5.81. The van der Waals surface area contributed by atoms with Crippen molar-refractivity contribution in [2.24, 2.45) is 0 Å². The Kier molecular flexibility index (Phi) is 5.65. The van der Waals surface area contributed by atoms with Gasteiger partial charge < -0.3 is 14.9 Å². The molecule has 0 saturated carbocycles. The van der Waals surface area contributed by atoms with Crippen LogP contribution in [0.4, 0.5) is 0 Å². The summed E-state index contributed by atoms with van der Waals surface area (Å²) in [6.45, 7) is 9.73. The van der Waals surface area contributed by atoms with Crippen LogP contribution < -0.4 is 0 Å². The molecule has 1 aliphatic rings. The van der Waals surface area contributed by atoms with E-state index in [1.54, 1.807) is 4.90 Å². The summed E-state index contributed by atoms with van der Waals surface area (Å²) in [7, 11) is 0. The molecule has 0 bridgehead atoms. The minimum Gasteiger partial charge on any atom is -0.384 e. The van der Waals surface area contributed by atoms with Gasteiger partial charge in [0.1, 0.15) is 6.10 Å². The third kappa shape index (κ3) is 4.35. The van der Waals surface area contributed by atoms with Crippen molar-refractivity contribution in [1.82, 2.24) is 9.80 Å². The van der Waals surface area contributed by atoms with Gasteiger partial charge in [-0.2, -0.15) is 0 Å². The lowest BCUT2D eigenvalue weighted by atomic mass is 9.81. The van der Waals surface area contributed by atoms with E-state index in [1.807, 2.05) is 4.90 Å². The quantitative estimate of drug-likeness (QED) is 0.913. The van der Waals surface area contributed by atoms with E-state index >= 15 is 0 Å². The normalized spacial score (nSPS) is 16.9. The number of rotatable bonds is 4. The lowest BCUT2D eigenvalue weighted by molar-refractivity contribution is -0.145. The van der Waals surface area contributed by atoms with Crippen LogP contribution in [-0.4, -0.2) is 59.0 Å². The second kappa shape index (κ2) is 7.34. The number of aryl methyl sites for hydroxylation is 1. The van der Waals surface area contributed by atoms with Gasteiger partial charge in [0.2, 0.25) is 5.91 Å². The molecule has 1 heterocycles. The molecule has 24 heavy (non-hydrogen) atoms. The lowest BCUT2D eigenvalue weighted by Crippen LogP contribution is -2.53. The van der Waals surface area contributed by atoms with Crippen molar-refractivity contribution in [3.63, 3.8) is 0 Å². The van der Waals surface area contributed by atoms with Crippen molar-refractivity contribution >= 4 is 11.8 Å². The molecular weight excluding hydrogens is 304 g/mol. The van der Waals surface area contributed by atoms with Gasteiger partial charge in [0.05, 0.1) is 0 Å². The number of hydrogen-bond acceptors (Lipinski definition) is 3. The summed E-state index contributed by atoms with van der Waals surface area (Å²) >= 11 is 0. The molecule has 1 fully saturated rings. The van der Waals surface area contributed by atoms with Crippen molar-refractivity contribution in [1.29, 1.82) is 0 Å². The van der Waals surface area contributed by atoms with Gasteiger partial charge in [-0.25, -0.2) is 0 Å². The number of aliphatic hydroxyl groups is 1. The van der Waals surface area contributed by atoms with Crippen LogP contribution in [0.2, 0.25) is 0 Å². The van der Waals surface area contributed by atoms with E-state index in [9.17, 15) is 14.7 Å². The van der Waals surface area contributed by atoms with Crippen LogP contribution >= 0.6 is 0 Å². The second-order valence-electron chi connectivity index (χ2n) is 7.31. The van der Waals surface area contributed by atoms with Gasteiger partial charge in [-0.05, 0) is 24.8 Å². The standard InChI is InChI=1S/C19H28N2O3/c1-14-5-7-16(8-6-14)19(3,4)13-17(23)20-9-11-21(12-10-20)18(24)15(2)22/h5-8,15,22H,9-13H2,1-4H3. The average molecular weight is 332 g/mol. The number of carbonyl (C=O) groups is 2. The van der Waals surface area contributed by atoms with E-state index in [-0.39, 0.29) is 17.2 Å². The zero-order valence-corrected chi connectivity index (χ0v) is 15.1. The Hall–Kier alpha value is -1.88. The van der Waals surface area contributed by atoms with Crippen LogP contribution in [-0.2, 0) is 15.0 Å². The van der Waals surface area contributed by atoms with Gasteiger partial charge >= 0.3 is 0 Å². The molecule has 1 N–H and O–H groups in total. The fourth-order valence-corrected chi connectivity index (χ4v) is 3.04. The Balaban J connectivity index is 1.93. The van der Waals surface area contributed by atoms with Gasteiger partial charge in [0.15, 0.2) is 0 Å². The van der Waals surface area contributed by atoms with E-state index in [0.29, 0.717) is 32.6 Å². The van der Waals surface area contributed by atoms with Gasteiger partial charge in [0, 0.05) is 32.6 Å². The molecule has 2 rings (SSSR count). The minimum atomic E-state index is -0.979. The van der Waals surface area contributed by atoms with Crippen LogP contribution in [0.15, 0.2) is 24.3 Å². The summed E-state index contributed by atoms with van der Waals surface area (Å²) in [6.07, 6.45) is -0.534. The third-order valence-corrected chi connectivity index (χ3v) is 4.73. The number of benzene rings is 1. The number of piperazine rings is 1. The number of nitrogens with zero attached hydrogens (tertiary/aromatic N) is 2. The Labute approximate surface area is 144 Å². The fourth-order valence-electron chi connectivity index (χ4n) is 3.04. The number of aliphatic hydroxyl groups excluding tert-OH is 1. The highest BCUT2D eigenvalue weighted by atomic mass is 16.3. The fraction of sp³-hybridized carbons (Fsp3) is 0.579. The van der Waals surface area contributed by atoms with E-state index < -0.39 is 6.10 Å². The molecule has 1 aromatic rings. The van der Waals surface area contributed by atoms with Gasteiger partial charge in [0.25, 0.3) is 5.91 Å². The molecule has 1 aromatic carbocycles. The Morgan fingerprint density at radius 1 is 1.08 bits per heavy atom. The zero-order chi connectivity index (χ0) is 17.9. The van der Waals surface area contributed by atoms with Crippen molar-refractivity contribution in [2.75, 3.05) is 26.2 Å².